The number of methoxy groups -OCH3 is 1. The van der Waals surface area contributed by atoms with Gasteiger partial charge in [0, 0.05) is 31.4 Å². The molecule has 1 amide bonds. The van der Waals surface area contributed by atoms with Crippen molar-refractivity contribution in [2.24, 2.45) is 0 Å². The highest BCUT2D eigenvalue weighted by atomic mass is 19.3. The number of amides is 1. The molecule has 0 spiro atoms. The van der Waals surface area contributed by atoms with E-state index in [1.54, 1.807) is 48.5 Å². The number of ether oxygens (including phenoxy) is 2. The van der Waals surface area contributed by atoms with E-state index in [1.165, 1.54) is 7.11 Å². The first-order valence-corrected chi connectivity index (χ1v) is 10.4. The van der Waals surface area contributed by atoms with E-state index >= 15 is 0 Å². The van der Waals surface area contributed by atoms with Gasteiger partial charge in [-0.2, -0.15) is 0 Å². The number of carbonyl (C=O) groups excluding carboxylic acids is 2. The van der Waals surface area contributed by atoms with Crippen LogP contribution in [0.3, 0.4) is 0 Å². The van der Waals surface area contributed by atoms with E-state index < -0.39 is 30.8 Å². The molecule has 9 heteroatoms. The summed E-state index contributed by atoms with van der Waals surface area (Å²) in [5, 5.41) is 5.91. The summed E-state index contributed by atoms with van der Waals surface area (Å²) in [6, 6.07) is 13.5. The first kappa shape index (κ1) is 23.5. The Balaban J connectivity index is 1.82. The van der Waals surface area contributed by atoms with Crippen molar-refractivity contribution in [2.45, 2.75) is 31.9 Å². The maximum Gasteiger partial charge on any atom is 0.340 e. The number of nitrogens with zero attached hydrogens (tertiary/aromatic N) is 1. The van der Waals surface area contributed by atoms with Crippen LogP contribution in [-0.2, 0) is 9.53 Å². The van der Waals surface area contributed by atoms with E-state index in [0.717, 1.165) is 25.3 Å². The van der Waals surface area contributed by atoms with Crippen molar-refractivity contribution < 1.29 is 27.8 Å². The normalized spacial score (nSPS) is 17.0. The van der Waals surface area contributed by atoms with Crippen LogP contribution in [0.5, 0.6) is 5.75 Å². The predicted octanol–water partition coefficient (Wildman–Crippen LogP) is 3.31. The zero-order chi connectivity index (χ0) is 23.1. The summed E-state index contributed by atoms with van der Waals surface area (Å²) >= 11 is 0. The molecule has 2 N–H and O–H groups in total. The Morgan fingerprint density at radius 3 is 2.62 bits per heavy atom. The first-order valence-electron chi connectivity index (χ1n) is 10.4. The molecule has 0 aromatic heterocycles. The molecule has 0 saturated carbocycles. The Kier molecular flexibility index (Phi) is 7.99. The topological polar surface area (TPSA) is 79.9 Å². The SMILES string of the molecule is COC(=O)c1cc(N2CCN[C@@H](C)C2)ccc1NC(=O)[C@H](CC(F)F)Oc1ccccc1. The van der Waals surface area contributed by atoms with Gasteiger partial charge in [0.1, 0.15) is 5.75 Å². The molecule has 0 bridgehead atoms. The lowest BCUT2D eigenvalue weighted by Gasteiger charge is -2.34. The standard InChI is InChI=1S/C23H27F2N3O4/c1-15-14-28(11-10-26-15)16-8-9-19(18(12-16)23(30)31-2)27-22(29)20(13-21(24)25)32-17-6-4-3-5-7-17/h3-9,12,15,20-21,26H,10-11,13-14H2,1-2H3,(H,27,29)/t15-,20-/m0/s1. The molecule has 2 atom stereocenters. The van der Waals surface area contributed by atoms with Gasteiger partial charge in [-0.15, -0.1) is 0 Å². The summed E-state index contributed by atoms with van der Waals surface area (Å²) < 4.78 is 36.6. The Bertz CT molecular complexity index is 927. The van der Waals surface area contributed by atoms with Crippen LogP contribution in [0.4, 0.5) is 20.2 Å². The van der Waals surface area contributed by atoms with Gasteiger partial charge in [0.05, 0.1) is 24.8 Å². The number of hydrogen-bond donors (Lipinski definition) is 2. The lowest BCUT2D eigenvalue weighted by Crippen LogP contribution is -2.49. The Morgan fingerprint density at radius 1 is 1.22 bits per heavy atom. The average molecular weight is 447 g/mol. The number of piperazine rings is 1. The van der Waals surface area contributed by atoms with Crippen molar-refractivity contribution in [1.82, 2.24) is 5.32 Å². The molecule has 1 fully saturated rings. The second-order valence-corrected chi connectivity index (χ2v) is 7.56. The smallest absolute Gasteiger partial charge is 0.340 e. The molecule has 1 saturated heterocycles. The van der Waals surface area contributed by atoms with Gasteiger partial charge in [-0.05, 0) is 37.3 Å². The summed E-state index contributed by atoms with van der Waals surface area (Å²) in [7, 11) is 1.24. The second kappa shape index (κ2) is 10.9. The largest absolute Gasteiger partial charge is 0.480 e. The van der Waals surface area contributed by atoms with Crippen LogP contribution in [0.1, 0.15) is 23.7 Å². The average Bonchev–Trinajstić information content (AvgIpc) is 2.78. The van der Waals surface area contributed by atoms with Crippen LogP contribution in [0.2, 0.25) is 0 Å². The third kappa shape index (κ3) is 6.16. The minimum Gasteiger partial charge on any atom is -0.480 e. The molecule has 2 aromatic rings. The zero-order valence-corrected chi connectivity index (χ0v) is 18.0. The maximum absolute atomic E-state index is 13.1. The Hall–Kier alpha value is -3.20. The molecule has 1 aliphatic rings. The first-order chi connectivity index (χ1) is 15.4. The fourth-order valence-corrected chi connectivity index (χ4v) is 3.53. The molecule has 0 unspecified atom stereocenters. The van der Waals surface area contributed by atoms with Crippen molar-refractivity contribution in [3.8, 4) is 5.75 Å². The van der Waals surface area contributed by atoms with E-state index in [-0.39, 0.29) is 17.3 Å². The van der Waals surface area contributed by atoms with E-state index in [4.69, 9.17) is 9.47 Å². The van der Waals surface area contributed by atoms with Crippen LogP contribution in [0.25, 0.3) is 0 Å². The summed E-state index contributed by atoms with van der Waals surface area (Å²) in [6.07, 6.45) is -4.96. The number of halogens is 2. The van der Waals surface area contributed by atoms with Gasteiger partial charge in [0.15, 0.2) is 6.10 Å². The van der Waals surface area contributed by atoms with Gasteiger partial charge in [-0.1, -0.05) is 18.2 Å². The van der Waals surface area contributed by atoms with Gasteiger partial charge in [-0.25, -0.2) is 13.6 Å². The van der Waals surface area contributed by atoms with Crippen LogP contribution in [-0.4, -0.2) is 57.2 Å². The fraction of sp³-hybridized carbons (Fsp3) is 0.391. The molecule has 1 aliphatic heterocycles. The monoisotopic (exact) mass is 447 g/mol. The van der Waals surface area contributed by atoms with E-state index in [9.17, 15) is 18.4 Å². The highest BCUT2D eigenvalue weighted by Gasteiger charge is 2.27. The molecule has 0 radical (unpaired) electrons. The summed E-state index contributed by atoms with van der Waals surface area (Å²) in [6.45, 7) is 4.39. The molecule has 1 heterocycles. The molecule has 172 valence electrons. The van der Waals surface area contributed by atoms with Crippen LogP contribution in [0, 0.1) is 0 Å². The highest BCUT2D eigenvalue weighted by molar-refractivity contribution is 6.03. The maximum atomic E-state index is 13.1. The Morgan fingerprint density at radius 2 is 1.97 bits per heavy atom. The van der Waals surface area contributed by atoms with Crippen LogP contribution < -0.4 is 20.3 Å². The number of anilines is 2. The summed E-state index contributed by atoms with van der Waals surface area (Å²) in [5.74, 6) is -1.12. The van der Waals surface area contributed by atoms with Crippen molar-refractivity contribution in [1.29, 1.82) is 0 Å². The molecule has 0 aliphatic carbocycles. The predicted molar refractivity (Wildman–Crippen MR) is 118 cm³/mol. The minimum absolute atomic E-state index is 0.139. The number of rotatable bonds is 8. The van der Waals surface area contributed by atoms with Gasteiger partial charge in [-0.3, -0.25) is 4.79 Å². The van der Waals surface area contributed by atoms with Crippen molar-refractivity contribution in [3.05, 3.63) is 54.1 Å². The van der Waals surface area contributed by atoms with Crippen LogP contribution in [0.15, 0.2) is 48.5 Å². The number of alkyl halides is 2. The third-order valence-corrected chi connectivity index (χ3v) is 5.11. The molecular formula is C23H27F2N3O4. The van der Waals surface area contributed by atoms with E-state index in [2.05, 4.69) is 22.5 Å². The highest BCUT2D eigenvalue weighted by Crippen LogP contribution is 2.26. The van der Waals surface area contributed by atoms with E-state index in [0.29, 0.717) is 5.75 Å². The number of para-hydroxylation sites is 1. The van der Waals surface area contributed by atoms with Crippen molar-refractivity contribution in [3.63, 3.8) is 0 Å². The number of hydrogen-bond acceptors (Lipinski definition) is 6. The lowest BCUT2D eigenvalue weighted by atomic mass is 10.1. The van der Waals surface area contributed by atoms with Crippen molar-refractivity contribution in [2.75, 3.05) is 37.0 Å². The quantitative estimate of drug-likeness (QED) is 0.605. The fourth-order valence-electron chi connectivity index (χ4n) is 3.53. The zero-order valence-electron chi connectivity index (χ0n) is 18.0. The Labute approximate surface area is 185 Å². The van der Waals surface area contributed by atoms with Gasteiger partial charge >= 0.3 is 5.97 Å². The van der Waals surface area contributed by atoms with Crippen LogP contribution >= 0.6 is 0 Å². The van der Waals surface area contributed by atoms with Gasteiger partial charge in [0.25, 0.3) is 5.91 Å². The molecule has 32 heavy (non-hydrogen) atoms. The van der Waals surface area contributed by atoms with Gasteiger partial charge < -0.3 is 25.0 Å². The molecule has 3 rings (SSSR count). The number of carbonyl (C=O) groups is 2. The summed E-state index contributed by atoms with van der Waals surface area (Å²) in [4.78, 5) is 27.3. The minimum atomic E-state index is -2.74. The van der Waals surface area contributed by atoms with E-state index in [1.807, 2.05) is 0 Å². The second-order valence-electron chi connectivity index (χ2n) is 7.56. The molecule has 7 nitrogen and oxygen atoms in total. The van der Waals surface area contributed by atoms with Gasteiger partial charge in [0.2, 0.25) is 6.43 Å². The molecule has 2 aromatic carbocycles. The lowest BCUT2D eigenvalue weighted by molar-refractivity contribution is -0.124. The molecular weight excluding hydrogens is 420 g/mol. The number of nitrogens with one attached hydrogen (secondary N) is 2. The van der Waals surface area contributed by atoms with Crippen molar-refractivity contribution >= 4 is 23.3 Å². The third-order valence-electron chi connectivity index (χ3n) is 5.11. The number of benzene rings is 2. The summed E-state index contributed by atoms with van der Waals surface area (Å²) in [5.41, 5.74) is 1.12. The number of esters is 1.